The highest BCUT2D eigenvalue weighted by Crippen LogP contribution is 2.34. The molecule has 1 aromatic carbocycles. The molecule has 8 nitrogen and oxygen atoms in total. The van der Waals surface area contributed by atoms with Gasteiger partial charge in [-0.2, -0.15) is 0 Å². The second-order valence-electron chi connectivity index (χ2n) is 8.90. The van der Waals surface area contributed by atoms with Crippen molar-refractivity contribution < 1.29 is 9.59 Å². The molecular weight excluding hydrogens is 464 g/mol. The maximum Gasteiger partial charge on any atom is 0.258 e. The fourth-order valence-corrected chi connectivity index (χ4v) is 4.86. The quantitative estimate of drug-likeness (QED) is 0.499. The van der Waals surface area contributed by atoms with E-state index in [1.54, 1.807) is 18.2 Å². The summed E-state index contributed by atoms with van der Waals surface area (Å²) in [6.07, 6.45) is 6.16. The molecule has 3 aromatic rings. The SMILES string of the molecule is CNCC=CC(=O)N1CCCCC(n2c(NC(=O)c3cc(C)nc(C)c3)nc3cccc(Cl)c32)C1. The Labute approximate surface area is 210 Å². The van der Waals surface area contributed by atoms with Crippen LogP contribution in [0.4, 0.5) is 5.95 Å². The Morgan fingerprint density at radius 1 is 1.17 bits per heavy atom. The van der Waals surface area contributed by atoms with Gasteiger partial charge in [0.05, 0.1) is 22.1 Å². The number of carbonyl (C=O) groups is 2. The Morgan fingerprint density at radius 2 is 1.94 bits per heavy atom. The number of aryl methyl sites for hydroxylation is 2. The lowest BCUT2D eigenvalue weighted by molar-refractivity contribution is -0.126. The molecular formula is C26H31ClN6O2. The second kappa shape index (κ2) is 11.0. The van der Waals surface area contributed by atoms with E-state index in [1.165, 1.54) is 0 Å². The van der Waals surface area contributed by atoms with Crippen LogP contribution in [0.3, 0.4) is 0 Å². The van der Waals surface area contributed by atoms with Crippen LogP contribution in [0.5, 0.6) is 0 Å². The second-order valence-corrected chi connectivity index (χ2v) is 9.31. The van der Waals surface area contributed by atoms with Crippen LogP contribution in [0.25, 0.3) is 11.0 Å². The molecule has 1 aliphatic heterocycles. The normalized spacial score (nSPS) is 16.6. The fraction of sp³-hybridized carbons (Fsp3) is 0.385. The van der Waals surface area contributed by atoms with Gasteiger partial charge in [0.2, 0.25) is 11.9 Å². The topological polar surface area (TPSA) is 92.2 Å². The molecule has 2 aromatic heterocycles. The summed E-state index contributed by atoms with van der Waals surface area (Å²) in [5.41, 5.74) is 3.53. The third kappa shape index (κ3) is 5.71. The molecule has 0 bridgehead atoms. The van der Waals surface area contributed by atoms with Gasteiger partial charge in [-0.25, -0.2) is 4.98 Å². The molecule has 0 spiro atoms. The van der Waals surface area contributed by atoms with Crippen LogP contribution in [-0.2, 0) is 4.79 Å². The van der Waals surface area contributed by atoms with Gasteiger partial charge in [-0.15, -0.1) is 0 Å². The summed E-state index contributed by atoms with van der Waals surface area (Å²) in [6, 6.07) is 8.98. The van der Waals surface area contributed by atoms with Crippen LogP contribution in [0.15, 0.2) is 42.5 Å². The first-order valence-electron chi connectivity index (χ1n) is 11.9. The number of para-hydroxylation sites is 1. The van der Waals surface area contributed by atoms with Crippen molar-refractivity contribution in [3.8, 4) is 0 Å². The predicted molar refractivity (Wildman–Crippen MR) is 139 cm³/mol. The lowest BCUT2D eigenvalue weighted by Crippen LogP contribution is -2.34. The minimum Gasteiger partial charge on any atom is -0.337 e. The van der Waals surface area contributed by atoms with Crippen molar-refractivity contribution in [2.75, 3.05) is 32.0 Å². The first-order chi connectivity index (χ1) is 16.9. The number of halogens is 1. The maximum absolute atomic E-state index is 13.2. The zero-order valence-electron chi connectivity index (χ0n) is 20.3. The van der Waals surface area contributed by atoms with E-state index in [0.29, 0.717) is 41.7 Å². The van der Waals surface area contributed by atoms with E-state index in [2.05, 4.69) is 15.6 Å². The van der Waals surface area contributed by atoms with E-state index in [4.69, 9.17) is 16.6 Å². The molecule has 1 aliphatic rings. The van der Waals surface area contributed by atoms with E-state index >= 15 is 0 Å². The molecule has 2 N–H and O–H groups in total. The third-order valence-electron chi connectivity index (χ3n) is 6.14. The summed E-state index contributed by atoms with van der Waals surface area (Å²) in [4.78, 5) is 37.0. The molecule has 184 valence electrons. The van der Waals surface area contributed by atoms with Gasteiger partial charge in [-0.3, -0.25) is 19.9 Å². The number of fused-ring (bicyclic) bond motifs is 1. The first-order valence-corrected chi connectivity index (χ1v) is 12.3. The van der Waals surface area contributed by atoms with Crippen molar-refractivity contribution in [1.82, 2.24) is 24.8 Å². The van der Waals surface area contributed by atoms with Gasteiger partial charge in [0.1, 0.15) is 0 Å². The molecule has 4 rings (SSSR count). The minimum atomic E-state index is -0.261. The summed E-state index contributed by atoms with van der Waals surface area (Å²) >= 11 is 6.63. The lowest BCUT2D eigenvalue weighted by Gasteiger charge is -2.26. The number of rotatable bonds is 6. The number of aromatic nitrogens is 3. The highest BCUT2D eigenvalue weighted by molar-refractivity contribution is 6.35. The Kier molecular flexibility index (Phi) is 7.83. The van der Waals surface area contributed by atoms with Gasteiger partial charge >= 0.3 is 0 Å². The molecule has 1 atom stereocenters. The third-order valence-corrected chi connectivity index (χ3v) is 6.44. The van der Waals surface area contributed by atoms with Crippen molar-refractivity contribution in [3.05, 3.63) is 64.5 Å². The van der Waals surface area contributed by atoms with Crippen LogP contribution in [0.2, 0.25) is 5.02 Å². The van der Waals surface area contributed by atoms with E-state index in [9.17, 15) is 9.59 Å². The van der Waals surface area contributed by atoms with E-state index in [-0.39, 0.29) is 17.9 Å². The van der Waals surface area contributed by atoms with Crippen molar-refractivity contribution >= 4 is 40.4 Å². The summed E-state index contributed by atoms with van der Waals surface area (Å²) < 4.78 is 2.00. The molecule has 3 heterocycles. The van der Waals surface area contributed by atoms with Crippen molar-refractivity contribution in [1.29, 1.82) is 0 Å². The highest BCUT2D eigenvalue weighted by atomic mass is 35.5. The molecule has 1 fully saturated rings. The van der Waals surface area contributed by atoms with Crippen molar-refractivity contribution in [2.24, 2.45) is 0 Å². The van der Waals surface area contributed by atoms with Gasteiger partial charge in [0, 0.05) is 42.7 Å². The van der Waals surface area contributed by atoms with Crippen LogP contribution in [0, 0.1) is 13.8 Å². The van der Waals surface area contributed by atoms with Gasteiger partial charge in [0.15, 0.2) is 0 Å². The molecule has 1 saturated heterocycles. The van der Waals surface area contributed by atoms with Crippen molar-refractivity contribution in [3.63, 3.8) is 0 Å². The smallest absolute Gasteiger partial charge is 0.258 e. The number of benzene rings is 1. The number of nitrogens with one attached hydrogen (secondary N) is 2. The summed E-state index contributed by atoms with van der Waals surface area (Å²) in [6.45, 7) is 5.56. The number of likely N-dealkylation sites (N-methyl/N-ethyl adjacent to an activating group) is 1. The number of hydrogen-bond donors (Lipinski definition) is 2. The molecule has 9 heteroatoms. The average molecular weight is 495 g/mol. The summed E-state index contributed by atoms with van der Waals surface area (Å²) in [7, 11) is 1.84. The number of amides is 2. The fourth-order valence-electron chi connectivity index (χ4n) is 4.60. The van der Waals surface area contributed by atoms with Crippen LogP contribution in [0.1, 0.15) is 47.1 Å². The maximum atomic E-state index is 13.2. The first kappa shape index (κ1) is 24.9. The zero-order chi connectivity index (χ0) is 24.9. The zero-order valence-corrected chi connectivity index (χ0v) is 21.1. The Morgan fingerprint density at radius 3 is 2.69 bits per heavy atom. The number of pyridine rings is 1. The molecule has 35 heavy (non-hydrogen) atoms. The van der Waals surface area contributed by atoms with Gasteiger partial charge in [0.25, 0.3) is 5.91 Å². The number of likely N-dealkylation sites (tertiary alicyclic amines) is 1. The number of nitrogens with zero attached hydrogens (tertiary/aromatic N) is 4. The summed E-state index contributed by atoms with van der Waals surface area (Å²) in [5, 5.41) is 6.57. The van der Waals surface area contributed by atoms with Gasteiger partial charge < -0.3 is 14.8 Å². The van der Waals surface area contributed by atoms with Crippen molar-refractivity contribution in [2.45, 2.75) is 39.2 Å². The molecule has 0 saturated carbocycles. The van der Waals surface area contributed by atoms with Crippen LogP contribution in [-0.4, -0.2) is 57.9 Å². The predicted octanol–water partition coefficient (Wildman–Crippen LogP) is 4.28. The largest absolute Gasteiger partial charge is 0.337 e. The molecule has 2 amide bonds. The molecule has 1 unspecified atom stereocenters. The lowest BCUT2D eigenvalue weighted by atomic mass is 10.1. The standard InChI is InChI=1S/C26H31ClN6O2/c1-17-14-19(15-18(2)29-17)25(35)31-26-30-22-10-6-9-21(27)24(22)33(26)20-8-4-5-13-32(16-20)23(34)11-7-12-28-3/h6-7,9-11,14-15,20,28H,4-5,8,12-13,16H2,1-3H3,(H,30,31,35). The van der Waals surface area contributed by atoms with Crippen LogP contribution >= 0.6 is 11.6 Å². The van der Waals surface area contributed by atoms with Gasteiger partial charge in [-0.1, -0.05) is 23.7 Å². The Hall–Kier alpha value is -3.23. The highest BCUT2D eigenvalue weighted by Gasteiger charge is 2.27. The Bertz CT molecular complexity index is 1250. The monoisotopic (exact) mass is 494 g/mol. The number of hydrogen-bond acceptors (Lipinski definition) is 5. The summed E-state index contributed by atoms with van der Waals surface area (Å²) in [5.74, 6) is 0.147. The Balaban J connectivity index is 1.71. The van der Waals surface area contributed by atoms with E-state index in [0.717, 1.165) is 36.2 Å². The number of anilines is 1. The van der Waals surface area contributed by atoms with E-state index in [1.807, 2.05) is 54.6 Å². The minimum absolute atomic E-state index is 0.0176. The molecule has 0 radical (unpaired) electrons. The molecule has 0 aliphatic carbocycles. The van der Waals surface area contributed by atoms with E-state index < -0.39 is 0 Å². The number of imidazole rings is 1. The average Bonchev–Trinajstić information content (AvgIpc) is 3.01. The number of carbonyl (C=O) groups excluding carboxylic acids is 2. The van der Waals surface area contributed by atoms with Crippen LogP contribution < -0.4 is 10.6 Å². The van der Waals surface area contributed by atoms with Gasteiger partial charge in [-0.05, 0) is 64.4 Å².